The fourth-order valence-corrected chi connectivity index (χ4v) is 1.86. The maximum absolute atomic E-state index is 13.4. The number of anilines is 1. The summed E-state index contributed by atoms with van der Waals surface area (Å²) in [4.78, 5) is 33.2. The van der Waals surface area contributed by atoms with Gasteiger partial charge in [-0.2, -0.15) is 0 Å². The molecule has 0 saturated heterocycles. The van der Waals surface area contributed by atoms with Crippen LogP contribution in [0, 0.1) is 15.9 Å². The van der Waals surface area contributed by atoms with Gasteiger partial charge in [-0.25, -0.2) is 4.39 Å². The Hall–Kier alpha value is -3.29. The minimum Gasteiger partial charge on any atom is -0.455 e. The number of nitro groups is 1. The summed E-state index contributed by atoms with van der Waals surface area (Å²) in [5, 5.41) is 12.9. The number of non-ortho nitro benzene ring substituents is 1. The number of amides is 1. The van der Waals surface area contributed by atoms with Gasteiger partial charge in [0.2, 0.25) is 0 Å². The molecule has 24 heavy (non-hydrogen) atoms. The maximum atomic E-state index is 13.4. The van der Waals surface area contributed by atoms with Crippen LogP contribution in [0.5, 0.6) is 0 Å². The van der Waals surface area contributed by atoms with Gasteiger partial charge in [0, 0.05) is 17.8 Å². The molecular formula is C16H13FN2O5. The monoisotopic (exact) mass is 332 g/mol. The topological polar surface area (TPSA) is 98.5 Å². The number of rotatable bonds is 6. The molecular weight excluding hydrogens is 319 g/mol. The highest BCUT2D eigenvalue weighted by Gasteiger charge is 2.12. The van der Waals surface area contributed by atoms with E-state index in [9.17, 15) is 24.1 Å². The lowest BCUT2D eigenvalue weighted by Crippen LogP contribution is -2.21. The van der Waals surface area contributed by atoms with Crippen LogP contribution in [0.2, 0.25) is 0 Å². The predicted octanol–water partition coefficient (Wildman–Crippen LogP) is 2.46. The molecule has 124 valence electrons. The molecule has 0 atom stereocenters. The molecule has 1 N–H and O–H groups in total. The molecule has 2 aromatic rings. The molecule has 0 aliphatic heterocycles. The van der Waals surface area contributed by atoms with Crippen molar-refractivity contribution in [2.75, 3.05) is 11.9 Å². The molecule has 7 nitrogen and oxygen atoms in total. The van der Waals surface area contributed by atoms with E-state index in [1.165, 1.54) is 42.5 Å². The Kier molecular flexibility index (Phi) is 5.56. The SMILES string of the molecule is O=C(COC(=O)Cc1ccccc1F)Nc1ccc([N+](=O)[O-])cc1. The largest absolute Gasteiger partial charge is 0.455 e. The molecule has 0 radical (unpaired) electrons. The number of carbonyl (C=O) groups is 2. The molecule has 0 heterocycles. The lowest BCUT2D eigenvalue weighted by Gasteiger charge is -2.07. The molecule has 0 spiro atoms. The summed E-state index contributed by atoms with van der Waals surface area (Å²) in [6, 6.07) is 11.0. The lowest BCUT2D eigenvalue weighted by molar-refractivity contribution is -0.384. The summed E-state index contributed by atoms with van der Waals surface area (Å²) in [6.45, 7) is -0.537. The zero-order valence-corrected chi connectivity index (χ0v) is 12.4. The second kappa shape index (κ2) is 7.82. The van der Waals surface area contributed by atoms with Crippen LogP contribution in [-0.4, -0.2) is 23.4 Å². The van der Waals surface area contributed by atoms with Crippen LogP contribution in [0.25, 0.3) is 0 Å². The Balaban J connectivity index is 1.81. The number of nitrogens with one attached hydrogen (secondary N) is 1. The summed E-state index contributed by atoms with van der Waals surface area (Å²) in [7, 11) is 0. The van der Waals surface area contributed by atoms with Crippen molar-refractivity contribution < 1.29 is 23.6 Å². The third kappa shape index (κ3) is 4.87. The van der Waals surface area contributed by atoms with Gasteiger partial charge in [-0.1, -0.05) is 18.2 Å². The van der Waals surface area contributed by atoms with Crippen molar-refractivity contribution in [3.8, 4) is 0 Å². The number of ether oxygens (including phenoxy) is 1. The maximum Gasteiger partial charge on any atom is 0.310 e. The van der Waals surface area contributed by atoms with E-state index in [0.29, 0.717) is 5.69 Å². The Morgan fingerprint density at radius 1 is 1.12 bits per heavy atom. The zero-order chi connectivity index (χ0) is 17.5. The molecule has 8 heteroatoms. The van der Waals surface area contributed by atoms with Crippen LogP contribution in [0.1, 0.15) is 5.56 Å². The van der Waals surface area contributed by atoms with Gasteiger partial charge in [-0.05, 0) is 23.8 Å². The summed E-state index contributed by atoms with van der Waals surface area (Å²) < 4.78 is 18.2. The number of esters is 1. The van der Waals surface area contributed by atoms with Crippen LogP contribution in [0.4, 0.5) is 15.8 Å². The molecule has 0 fully saturated rings. The third-order valence-corrected chi connectivity index (χ3v) is 3.02. The van der Waals surface area contributed by atoms with Gasteiger partial charge in [0.1, 0.15) is 5.82 Å². The van der Waals surface area contributed by atoms with E-state index in [2.05, 4.69) is 5.32 Å². The molecule has 0 saturated carbocycles. The van der Waals surface area contributed by atoms with Crippen molar-refractivity contribution in [2.45, 2.75) is 6.42 Å². The van der Waals surface area contributed by atoms with Crippen molar-refractivity contribution in [3.05, 3.63) is 70.0 Å². The summed E-state index contributed by atoms with van der Waals surface area (Å²) >= 11 is 0. The Labute approximate surface area is 136 Å². The van der Waals surface area contributed by atoms with Gasteiger partial charge in [-0.15, -0.1) is 0 Å². The van der Waals surface area contributed by atoms with Crippen molar-refractivity contribution in [3.63, 3.8) is 0 Å². The highest BCUT2D eigenvalue weighted by Crippen LogP contribution is 2.15. The molecule has 2 rings (SSSR count). The number of nitrogens with zero attached hydrogens (tertiary/aromatic N) is 1. The molecule has 2 aromatic carbocycles. The first-order valence-electron chi connectivity index (χ1n) is 6.89. The molecule has 1 amide bonds. The number of nitro benzene ring substituents is 1. The Bertz CT molecular complexity index is 761. The summed E-state index contributed by atoms with van der Waals surface area (Å²) in [5.74, 6) is -1.87. The van der Waals surface area contributed by atoms with E-state index >= 15 is 0 Å². The third-order valence-electron chi connectivity index (χ3n) is 3.02. The second-order valence-corrected chi connectivity index (χ2v) is 4.78. The van der Waals surface area contributed by atoms with E-state index in [-0.39, 0.29) is 17.7 Å². The average molecular weight is 332 g/mol. The van der Waals surface area contributed by atoms with E-state index in [4.69, 9.17) is 4.74 Å². The Morgan fingerprint density at radius 3 is 2.42 bits per heavy atom. The molecule has 0 unspecified atom stereocenters. The normalized spacial score (nSPS) is 10.0. The average Bonchev–Trinajstić information content (AvgIpc) is 2.55. The van der Waals surface area contributed by atoms with Gasteiger partial charge >= 0.3 is 5.97 Å². The first-order chi connectivity index (χ1) is 11.5. The molecule has 0 aliphatic carbocycles. The van der Waals surface area contributed by atoms with Crippen molar-refractivity contribution in [1.29, 1.82) is 0 Å². The van der Waals surface area contributed by atoms with Gasteiger partial charge in [0.05, 0.1) is 11.3 Å². The highest BCUT2D eigenvalue weighted by molar-refractivity contribution is 5.93. The Morgan fingerprint density at radius 2 is 1.79 bits per heavy atom. The lowest BCUT2D eigenvalue weighted by atomic mass is 10.1. The van der Waals surface area contributed by atoms with Crippen molar-refractivity contribution >= 4 is 23.3 Å². The fraction of sp³-hybridized carbons (Fsp3) is 0.125. The smallest absolute Gasteiger partial charge is 0.310 e. The van der Waals surface area contributed by atoms with Crippen LogP contribution < -0.4 is 5.32 Å². The van der Waals surface area contributed by atoms with Crippen molar-refractivity contribution in [1.82, 2.24) is 0 Å². The van der Waals surface area contributed by atoms with Crippen LogP contribution in [0.3, 0.4) is 0 Å². The van der Waals surface area contributed by atoms with E-state index in [0.717, 1.165) is 0 Å². The number of benzene rings is 2. The number of hydrogen-bond donors (Lipinski definition) is 1. The minimum absolute atomic E-state index is 0.107. The standard InChI is InChI=1S/C16H13FN2O5/c17-14-4-2-1-3-11(14)9-16(21)24-10-15(20)18-12-5-7-13(8-6-12)19(22)23/h1-8H,9-10H2,(H,18,20). The first kappa shape index (κ1) is 17.1. The second-order valence-electron chi connectivity index (χ2n) is 4.78. The number of hydrogen-bond acceptors (Lipinski definition) is 5. The first-order valence-corrected chi connectivity index (χ1v) is 6.89. The number of halogens is 1. The van der Waals surface area contributed by atoms with Crippen LogP contribution in [0.15, 0.2) is 48.5 Å². The molecule has 0 aromatic heterocycles. The predicted molar refractivity (Wildman–Crippen MR) is 82.8 cm³/mol. The summed E-state index contributed by atoms with van der Waals surface area (Å²) in [6.07, 6.45) is -0.280. The van der Waals surface area contributed by atoms with E-state index in [1.54, 1.807) is 6.07 Å². The quantitative estimate of drug-likeness (QED) is 0.498. The highest BCUT2D eigenvalue weighted by atomic mass is 19.1. The van der Waals surface area contributed by atoms with Gasteiger partial charge in [0.15, 0.2) is 6.61 Å². The van der Waals surface area contributed by atoms with E-state index in [1.807, 2.05) is 0 Å². The van der Waals surface area contributed by atoms with Gasteiger partial charge in [-0.3, -0.25) is 19.7 Å². The number of carbonyl (C=O) groups excluding carboxylic acids is 2. The molecule has 0 bridgehead atoms. The minimum atomic E-state index is -0.737. The van der Waals surface area contributed by atoms with Gasteiger partial charge in [0.25, 0.3) is 11.6 Å². The van der Waals surface area contributed by atoms with Gasteiger partial charge < -0.3 is 10.1 Å². The van der Waals surface area contributed by atoms with Crippen LogP contribution in [-0.2, 0) is 20.7 Å². The summed E-state index contributed by atoms with van der Waals surface area (Å²) in [5.41, 5.74) is 0.401. The van der Waals surface area contributed by atoms with Crippen LogP contribution >= 0.6 is 0 Å². The van der Waals surface area contributed by atoms with Crippen molar-refractivity contribution in [2.24, 2.45) is 0 Å². The fourth-order valence-electron chi connectivity index (χ4n) is 1.86. The molecule has 0 aliphatic rings. The van der Waals surface area contributed by atoms with E-state index < -0.39 is 29.2 Å². The zero-order valence-electron chi connectivity index (χ0n) is 12.4.